The normalized spacial score (nSPS) is 17.4. The summed E-state index contributed by atoms with van der Waals surface area (Å²) in [6, 6.07) is 17.5. The van der Waals surface area contributed by atoms with Gasteiger partial charge in [0, 0.05) is 12.1 Å². The number of rotatable bonds is 7. The maximum absolute atomic E-state index is 13.2. The number of hydrogen-bond acceptors (Lipinski definition) is 7. The third-order valence-corrected chi connectivity index (χ3v) is 7.39. The third kappa shape index (κ3) is 4.93. The molecule has 6 rings (SSSR count). The van der Waals surface area contributed by atoms with Gasteiger partial charge in [-0.3, -0.25) is 4.79 Å². The number of amides is 1. The molecule has 0 bridgehead atoms. The monoisotopic (exact) mass is 519 g/mol. The lowest BCUT2D eigenvalue weighted by atomic mass is 10.0. The van der Waals surface area contributed by atoms with Gasteiger partial charge in [-0.15, -0.1) is 0 Å². The molecule has 1 atom stereocenters. The highest BCUT2D eigenvalue weighted by molar-refractivity contribution is 5.99. The average molecular weight is 520 g/mol. The molecule has 9 nitrogen and oxygen atoms in total. The summed E-state index contributed by atoms with van der Waals surface area (Å²) in [6.07, 6.45) is 7.07. The van der Waals surface area contributed by atoms with E-state index in [0.29, 0.717) is 41.6 Å². The Morgan fingerprint density at radius 2 is 1.97 bits per heavy atom. The van der Waals surface area contributed by atoms with Gasteiger partial charge < -0.3 is 15.4 Å². The average Bonchev–Trinajstić information content (AvgIpc) is 3.52. The van der Waals surface area contributed by atoms with Crippen LogP contribution in [0.3, 0.4) is 0 Å². The zero-order valence-electron chi connectivity index (χ0n) is 21.7. The van der Waals surface area contributed by atoms with Crippen molar-refractivity contribution in [1.29, 1.82) is 5.26 Å². The first kappa shape index (κ1) is 24.6. The van der Waals surface area contributed by atoms with Crippen LogP contribution in [-0.2, 0) is 11.3 Å². The molecule has 1 aliphatic carbocycles. The van der Waals surface area contributed by atoms with E-state index in [2.05, 4.69) is 16.0 Å². The Hall–Kier alpha value is -4.71. The van der Waals surface area contributed by atoms with Crippen LogP contribution < -0.4 is 10.5 Å². The number of fused-ring (bicyclic) bond motifs is 1. The molecule has 2 aromatic carbocycles. The molecule has 3 heterocycles. The molecule has 0 radical (unpaired) electrons. The number of nitriles is 1. The van der Waals surface area contributed by atoms with Crippen LogP contribution in [-0.4, -0.2) is 43.1 Å². The van der Waals surface area contributed by atoms with Gasteiger partial charge in [-0.1, -0.05) is 24.3 Å². The number of anilines is 1. The number of carbonyl (C=O) groups is 1. The molecule has 39 heavy (non-hydrogen) atoms. The minimum atomic E-state index is -0.192. The highest BCUT2D eigenvalue weighted by atomic mass is 16.5. The number of allylic oxidation sites excluding steroid dienone is 1. The number of para-hydroxylation sites is 1. The van der Waals surface area contributed by atoms with Crippen LogP contribution in [0.5, 0.6) is 11.5 Å². The van der Waals surface area contributed by atoms with Crippen molar-refractivity contribution in [2.24, 2.45) is 5.92 Å². The van der Waals surface area contributed by atoms with Crippen molar-refractivity contribution in [3.05, 3.63) is 72.1 Å². The number of nitrogen functional groups attached to an aromatic ring is 1. The lowest BCUT2D eigenvalue weighted by molar-refractivity contribution is -0.127. The van der Waals surface area contributed by atoms with Gasteiger partial charge in [0.05, 0.1) is 18.0 Å². The summed E-state index contributed by atoms with van der Waals surface area (Å²) in [7, 11) is 0. The van der Waals surface area contributed by atoms with E-state index >= 15 is 0 Å². The third-order valence-electron chi connectivity index (χ3n) is 7.39. The van der Waals surface area contributed by atoms with Crippen molar-refractivity contribution in [2.45, 2.75) is 45.2 Å². The number of aryl methyl sites for hydroxylation is 1. The number of aromatic nitrogens is 4. The second-order valence-corrected chi connectivity index (χ2v) is 10.2. The van der Waals surface area contributed by atoms with Crippen LogP contribution in [0.2, 0.25) is 0 Å². The molecule has 4 aromatic rings. The molecule has 2 aliphatic rings. The van der Waals surface area contributed by atoms with E-state index in [4.69, 9.17) is 15.6 Å². The van der Waals surface area contributed by atoms with E-state index in [0.717, 1.165) is 48.3 Å². The maximum atomic E-state index is 13.2. The van der Waals surface area contributed by atoms with E-state index in [9.17, 15) is 10.1 Å². The number of benzene rings is 2. The first-order valence-corrected chi connectivity index (χ1v) is 13.3. The summed E-state index contributed by atoms with van der Waals surface area (Å²) in [5, 5.41) is 15.2. The van der Waals surface area contributed by atoms with Crippen LogP contribution >= 0.6 is 0 Å². The highest BCUT2D eigenvalue weighted by Crippen LogP contribution is 2.36. The van der Waals surface area contributed by atoms with Crippen molar-refractivity contribution in [1.82, 2.24) is 24.6 Å². The summed E-state index contributed by atoms with van der Waals surface area (Å²) in [4.78, 5) is 23.8. The molecule has 196 valence electrons. The molecule has 1 saturated carbocycles. The van der Waals surface area contributed by atoms with Crippen molar-refractivity contribution >= 4 is 22.8 Å². The van der Waals surface area contributed by atoms with Crippen LogP contribution in [0, 0.1) is 24.2 Å². The summed E-state index contributed by atoms with van der Waals surface area (Å²) in [5.41, 5.74) is 9.78. The first-order chi connectivity index (χ1) is 19.0. The fourth-order valence-electron chi connectivity index (χ4n) is 5.24. The van der Waals surface area contributed by atoms with E-state index in [1.54, 1.807) is 0 Å². The number of hydrogen-bond donors (Lipinski definition) is 1. The number of nitrogens with zero attached hydrogens (tertiary/aromatic N) is 6. The van der Waals surface area contributed by atoms with Gasteiger partial charge in [0.25, 0.3) is 5.91 Å². The lowest BCUT2D eigenvalue weighted by Crippen LogP contribution is -2.39. The van der Waals surface area contributed by atoms with Crippen molar-refractivity contribution in [3.63, 3.8) is 0 Å². The van der Waals surface area contributed by atoms with Crippen LogP contribution in [0.15, 0.2) is 66.5 Å². The largest absolute Gasteiger partial charge is 0.457 e. The minimum Gasteiger partial charge on any atom is -0.457 e. The Kier molecular flexibility index (Phi) is 6.45. The minimum absolute atomic E-state index is 0.0941. The van der Waals surface area contributed by atoms with Gasteiger partial charge in [-0.05, 0) is 74.4 Å². The summed E-state index contributed by atoms with van der Waals surface area (Å²) in [5.74, 6) is 2.00. The lowest BCUT2D eigenvalue weighted by Gasteiger charge is -2.24. The number of likely N-dealkylation sites (tertiary alicyclic amines) is 1. The Bertz CT molecular complexity index is 1620. The van der Waals surface area contributed by atoms with Crippen molar-refractivity contribution in [3.8, 4) is 28.8 Å². The molecular weight excluding hydrogens is 490 g/mol. The fourth-order valence-corrected chi connectivity index (χ4v) is 5.24. The van der Waals surface area contributed by atoms with Crippen molar-refractivity contribution in [2.75, 3.05) is 12.3 Å². The molecule has 9 heteroatoms. The zero-order chi connectivity index (χ0) is 26.9. The second kappa shape index (κ2) is 10.2. The molecule has 0 unspecified atom stereocenters. The Morgan fingerprint density at radius 1 is 1.15 bits per heavy atom. The molecule has 2 fully saturated rings. The Morgan fingerprint density at radius 3 is 2.72 bits per heavy atom. The van der Waals surface area contributed by atoms with Crippen LogP contribution in [0.4, 0.5) is 5.82 Å². The number of nitrogens with two attached hydrogens (primary N) is 1. The highest BCUT2D eigenvalue weighted by Gasteiger charge is 2.33. The Balaban J connectivity index is 1.32. The topological polar surface area (TPSA) is 123 Å². The molecule has 1 aliphatic heterocycles. The summed E-state index contributed by atoms with van der Waals surface area (Å²) in [6.45, 7) is 3.08. The quantitative estimate of drug-likeness (QED) is 0.268. The van der Waals surface area contributed by atoms with E-state index in [-0.39, 0.29) is 17.5 Å². The van der Waals surface area contributed by atoms with Crippen LogP contribution in [0.25, 0.3) is 22.3 Å². The van der Waals surface area contributed by atoms with Gasteiger partial charge in [0.15, 0.2) is 5.65 Å². The summed E-state index contributed by atoms with van der Waals surface area (Å²) < 4.78 is 7.83. The van der Waals surface area contributed by atoms with Gasteiger partial charge in [0.1, 0.15) is 41.0 Å². The number of carbonyl (C=O) groups excluding carboxylic acids is 1. The predicted molar refractivity (Wildman–Crippen MR) is 148 cm³/mol. The predicted octanol–water partition coefficient (Wildman–Crippen LogP) is 5.03. The smallest absolute Gasteiger partial charge is 0.264 e. The first-order valence-electron chi connectivity index (χ1n) is 13.3. The van der Waals surface area contributed by atoms with Gasteiger partial charge in [-0.2, -0.15) is 10.4 Å². The van der Waals surface area contributed by atoms with E-state index < -0.39 is 0 Å². The van der Waals surface area contributed by atoms with E-state index in [1.165, 1.54) is 6.33 Å². The summed E-state index contributed by atoms with van der Waals surface area (Å²) >= 11 is 0. The molecule has 2 aromatic heterocycles. The molecular formula is C30H29N7O2. The van der Waals surface area contributed by atoms with E-state index in [1.807, 2.05) is 71.1 Å². The SMILES string of the molecule is Cc1cc(Oc2ccccc2)ccc1-c1nn(C[C@H]2CCCN2C(=O)/C(C#N)=C/C2CC2)c2ncnc(N)c12. The van der Waals surface area contributed by atoms with Gasteiger partial charge >= 0.3 is 0 Å². The fraction of sp³-hybridized carbons (Fsp3) is 0.300. The number of ether oxygens (including phenoxy) is 1. The standard InChI is InChI=1S/C30H29N7O2/c1-19-14-24(39-23-7-3-2-4-8-23)11-12-25(19)27-26-28(32)33-18-34-29(26)37(35-27)17-22-6-5-13-36(22)30(38)21(16-31)15-20-9-10-20/h2-4,7-8,11-12,14-15,18,20,22H,5-6,9-10,13,17H2,1H3,(H2,32,33,34)/b21-15+/t22-/m1/s1. The van der Waals surface area contributed by atoms with Gasteiger partial charge in [0.2, 0.25) is 0 Å². The molecule has 1 amide bonds. The van der Waals surface area contributed by atoms with Crippen LogP contribution in [0.1, 0.15) is 31.2 Å². The molecule has 0 spiro atoms. The van der Waals surface area contributed by atoms with Gasteiger partial charge in [-0.25, -0.2) is 14.6 Å². The second-order valence-electron chi connectivity index (χ2n) is 10.2. The molecule has 2 N–H and O–H groups in total. The maximum Gasteiger partial charge on any atom is 0.264 e. The Labute approximate surface area is 226 Å². The molecule has 1 saturated heterocycles. The van der Waals surface area contributed by atoms with Crippen molar-refractivity contribution < 1.29 is 9.53 Å². The zero-order valence-corrected chi connectivity index (χ0v) is 21.7.